The number of carboxylic acids is 1. The molecular formula is C11H8N2O3. The Labute approximate surface area is 91.0 Å². The average molecular weight is 216 g/mol. The van der Waals surface area contributed by atoms with Crippen LogP contribution in [0.5, 0.6) is 0 Å². The maximum atomic E-state index is 11.8. The second-order valence-electron chi connectivity index (χ2n) is 3.16. The SMILES string of the molecule is O=C(O)c1ccn(C(=O)c2cccnc2)c1. The van der Waals surface area contributed by atoms with Crippen LogP contribution in [0.25, 0.3) is 0 Å². The molecule has 0 atom stereocenters. The molecule has 80 valence electrons. The third-order valence-corrected chi connectivity index (χ3v) is 2.08. The topological polar surface area (TPSA) is 72.2 Å². The van der Waals surface area contributed by atoms with Crippen molar-refractivity contribution in [2.75, 3.05) is 0 Å². The van der Waals surface area contributed by atoms with Gasteiger partial charge in [0.05, 0.1) is 11.1 Å². The van der Waals surface area contributed by atoms with Crippen molar-refractivity contribution in [2.45, 2.75) is 0 Å². The van der Waals surface area contributed by atoms with Gasteiger partial charge in [0.2, 0.25) is 0 Å². The van der Waals surface area contributed by atoms with Crippen LogP contribution in [0, 0.1) is 0 Å². The molecule has 0 aliphatic heterocycles. The molecule has 0 aliphatic carbocycles. The Kier molecular flexibility index (Phi) is 2.51. The number of aromatic nitrogens is 2. The highest BCUT2D eigenvalue weighted by molar-refractivity contribution is 5.97. The highest BCUT2D eigenvalue weighted by Crippen LogP contribution is 2.05. The van der Waals surface area contributed by atoms with Crippen molar-refractivity contribution in [1.82, 2.24) is 9.55 Å². The number of nitrogens with zero attached hydrogens (tertiary/aromatic N) is 2. The van der Waals surface area contributed by atoms with Gasteiger partial charge in [0.1, 0.15) is 0 Å². The minimum absolute atomic E-state index is 0.0808. The van der Waals surface area contributed by atoms with Gasteiger partial charge in [-0.05, 0) is 18.2 Å². The van der Waals surface area contributed by atoms with Crippen LogP contribution in [-0.2, 0) is 0 Å². The van der Waals surface area contributed by atoms with Crippen molar-refractivity contribution in [2.24, 2.45) is 0 Å². The van der Waals surface area contributed by atoms with E-state index in [1.54, 1.807) is 18.3 Å². The largest absolute Gasteiger partial charge is 0.478 e. The van der Waals surface area contributed by atoms with Crippen molar-refractivity contribution in [1.29, 1.82) is 0 Å². The lowest BCUT2D eigenvalue weighted by Gasteiger charge is -1.99. The first-order valence-corrected chi connectivity index (χ1v) is 4.54. The summed E-state index contributed by atoms with van der Waals surface area (Å²) in [7, 11) is 0. The highest BCUT2D eigenvalue weighted by Gasteiger charge is 2.11. The first-order chi connectivity index (χ1) is 7.68. The van der Waals surface area contributed by atoms with Gasteiger partial charge in [0.15, 0.2) is 0 Å². The smallest absolute Gasteiger partial charge is 0.337 e. The van der Waals surface area contributed by atoms with E-state index in [2.05, 4.69) is 4.98 Å². The van der Waals surface area contributed by atoms with E-state index >= 15 is 0 Å². The zero-order chi connectivity index (χ0) is 11.5. The Morgan fingerprint density at radius 3 is 2.62 bits per heavy atom. The van der Waals surface area contributed by atoms with E-state index in [-0.39, 0.29) is 11.5 Å². The number of pyridine rings is 1. The van der Waals surface area contributed by atoms with Crippen LogP contribution < -0.4 is 0 Å². The van der Waals surface area contributed by atoms with Crippen molar-refractivity contribution < 1.29 is 14.7 Å². The molecule has 0 saturated heterocycles. The van der Waals surface area contributed by atoms with E-state index in [9.17, 15) is 9.59 Å². The van der Waals surface area contributed by atoms with Gasteiger partial charge in [-0.1, -0.05) is 0 Å². The van der Waals surface area contributed by atoms with Gasteiger partial charge in [0.25, 0.3) is 5.91 Å². The fraction of sp³-hybridized carbons (Fsp3) is 0. The van der Waals surface area contributed by atoms with E-state index in [0.717, 1.165) is 0 Å². The van der Waals surface area contributed by atoms with Crippen LogP contribution in [-0.4, -0.2) is 26.5 Å². The van der Waals surface area contributed by atoms with Crippen LogP contribution in [0.4, 0.5) is 0 Å². The normalized spacial score (nSPS) is 10.0. The quantitative estimate of drug-likeness (QED) is 0.820. The molecule has 5 heteroatoms. The third-order valence-electron chi connectivity index (χ3n) is 2.08. The fourth-order valence-corrected chi connectivity index (χ4v) is 1.29. The summed E-state index contributed by atoms with van der Waals surface area (Å²) in [6.45, 7) is 0. The predicted octanol–water partition coefficient (Wildman–Crippen LogP) is 1.27. The third kappa shape index (κ3) is 1.83. The van der Waals surface area contributed by atoms with E-state index in [1.165, 1.54) is 29.2 Å². The number of carbonyl (C=O) groups is 2. The Bertz CT molecular complexity index is 531. The Morgan fingerprint density at radius 2 is 2.06 bits per heavy atom. The van der Waals surface area contributed by atoms with E-state index < -0.39 is 5.97 Å². The lowest BCUT2D eigenvalue weighted by molar-refractivity contribution is 0.0697. The molecule has 0 bridgehead atoms. The molecule has 0 radical (unpaired) electrons. The Balaban J connectivity index is 2.31. The lowest BCUT2D eigenvalue weighted by atomic mass is 10.3. The van der Waals surface area contributed by atoms with Crippen LogP contribution in [0.2, 0.25) is 0 Å². The van der Waals surface area contributed by atoms with E-state index in [4.69, 9.17) is 5.11 Å². The average Bonchev–Trinajstić information content (AvgIpc) is 2.78. The number of aromatic carboxylic acids is 1. The molecule has 2 aromatic heterocycles. The molecule has 0 aliphatic rings. The van der Waals surface area contributed by atoms with Crippen LogP contribution in [0.1, 0.15) is 20.7 Å². The number of rotatable bonds is 2. The summed E-state index contributed by atoms with van der Waals surface area (Å²) >= 11 is 0. The molecule has 16 heavy (non-hydrogen) atoms. The minimum Gasteiger partial charge on any atom is -0.478 e. The zero-order valence-electron chi connectivity index (χ0n) is 8.20. The van der Waals surface area contributed by atoms with Gasteiger partial charge in [-0.25, -0.2) is 4.79 Å². The number of hydrogen-bond acceptors (Lipinski definition) is 3. The molecule has 5 nitrogen and oxygen atoms in total. The molecule has 0 amide bonds. The van der Waals surface area contributed by atoms with Gasteiger partial charge in [0, 0.05) is 24.8 Å². The number of carbonyl (C=O) groups excluding carboxylic acids is 1. The molecule has 2 heterocycles. The van der Waals surface area contributed by atoms with Gasteiger partial charge in [-0.2, -0.15) is 0 Å². The molecule has 0 aromatic carbocycles. The van der Waals surface area contributed by atoms with Gasteiger partial charge < -0.3 is 5.11 Å². The maximum Gasteiger partial charge on any atom is 0.337 e. The molecule has 0 spiro atoms. The summed E-state index contributed by atoms with van der Waals surface area (Å²) in [5.41, 5.74) is 0.493. The predicted molar refractivity (Wildman–Crippen MR) is 55.4 cm³/mol. The first-order valence-electron chi connectivity index (χ1n) is 4.54. The number of hydrogen-bond donors (Lipinski definition) is 1. The monoisotopic (exact) mass is 216 g/mol. The highest BCUT2D eigenvalue weighted by atomic mass is 16.4. The van der Waals surface area contributed by atoms with Gasteiger partial charge in [-0.3, -0.25) is 14.3 Å². The maximum absolute atomic E-state index is 11.8. The molecule has 0 unspecified atom stereocenters. The number of carboxylic acid groups (broad SMARTS) is 1. The summed E-state index contributed by atoms with van der Waals surface area (Å²) < 4.78 is 1.22. The molecule has 0 fully saturated rings. The summed E-state index contributed by atoms with van der Waals surface area (Å²) in [4.78, 5) is 26.3. The first kappa shape index (κ1) is 10.1. The van der Waals surface area contributed by atoms with Crippen LogP contribution in [0.3, 0.4) is 0 Å². The van der Waals surface area contributed by atoms with Crippen molar-refractivity contribution in [3.8, 4) is 0 Å². The van der Waals surface area contributed by atoms with Crippen molar-refractivity contribution in [3.63, 3.8) is 0 Å². The molecule has 2 aromatic rings. The second-order valence-corrected chi connectivity index (χ2v) is 3.16. The summed E-state index contributed by atoms with van der Waals surface area (Å²) in [5, 5.41) is 8.71. The minimum atomic E-state index is -1.06. The van der Waals surface area contributed by atoms with Crippen molar-refractivity contribution >= 4 is 11.9 Å². The second kappa shape index (κ2) is 3.98. The summed E-state index contributed by atoms with van der Waals surface area (Å²) in [6, 6.07) is 4.64. The van der Waals surface area contributed by atoms with E-state index in [1.807, 2.05) is 0 Å². The zero-order valence-corrected chi connectivity index (χ0v) is 8.20. The fourth-order valence-electron chi connectivity index (χ4n) is 1.29. The molecule has 1 N–H and O–H groups in total. The van der Waals surface area contributed by atoms with E-state index in [0.29, 0.717) is 5.56 Å². The van der Waals surface area contributed by atoms with Crippen LogP contribution in [0.15, 0.2) is 43.0 Å². The molecular weight excluding hydrogens is 208 g/mol. The summed E-state index contributed by atoms with van der Waals surface area (Å²) in [6.07, 6.45) is 5.69. The molecule has 2 rings (SSSR count). The Morgan fingerprint density at radius 1 is 1.25 bits per heavy atom. The standard InChI is InChI=1S/C11H8N2O3/c14-10(8-2-1-4-12-6-8)13-5-3-9(7-13)11(15)16/h1-7H,(H,15,16). The summed E-state index contributed by atoms with van der Waals surface area (Å²) in [5.74, 6) is -1.36. The Hall–Kier alpha value is -2.43. The lowest BCUT2D eigenvalue weighted by Crippen LogP contribution is -2.10. The molecule has 0 saturated carbocycles. The van der Waals surface area contributed by atoms with Crippen molar-refractivity contribution in [3.05, 3.63) is 54.1 Å². The van der Waals surface area contributed by atoms with Gasteiger partial charge >= 0.3 is 5.97 Å². The van der Waals surface area contributed by atoms with Crippen LogP contribution >= 0.6 is 0 Å². The van der Waals surface area contributed by atoms with Gasteiger partial charge in [-0.15, -0.1) is 0 Å².